The van der Waals surface area contributed by atoms with Crippen molar-refractivity contribution in [2.45, 2.75) is 0 Å². The number of fused-ring (bicyclic) bond motifs is 1. The van der Waals surface area contributed by atoms with Crippen molar-refractivity contribution in [2.24, 2.45) is 0 Å². The van der Waals surface area contributed by atoms with Crippen LogP contribution in [0.15, 0.2) is 60.8 Å². The Morgan fingerprint density at radius 2 is 1.80 bits per heavy atom. The van der Waals surface area contributed by atoms with E-state index in [1.807, 2.05) is 49.5 Å². The molecule has 1 heterocycles. The Bertz CT molecular complexity index is 780. The first-order valence-electron chi connectivity index (χ1n) is 6.37. The summed E-state index contributed by atoms with van der Waals surface area (Å²) < 4.78 is 0. The third-order valence-corrected chi connectivity index (χ3v) is 3.37. The molecule has 0 N–H and O–H groups in total. The largest absolute Gasteiger partial charge is 0.344 e. The summed E-state index contributed by atoms with van der Waals surface area (Å²) in [4.78, 5) is 6.48. The van der Waals surface area contributed by atoms with Gasteiger partial charge in [-0.05, 0) is 48.5 Å². The molecule has 2 aromatic carbocycles. The molecular weight excluding hydrogens is 246 g/mol. The summed E-state index contributed by atoms with van der Waals surface area (Å²) >= 11 is 0. The minimum Gasteiger partial charge on any atom is -0.344 e. The van der Waals surface area contributed by atoms with Gasteiger partial charge in [-0.2, -0.15) is 5.26 Å². The predicted octanol–water partition coefficient (Wildman–Crippen LogP) is 3.87. The highest BCUT2D eigenvalue weighted by molar-refractivity contribution is 5.93. The van der Waals surface area contributed by atoms with E-state index in [9.17, 15) is 0 Å². The van der Waals surface area contributed by atoms with E-state index >= 15 is 0 Å². The maximum Gasteiger partial charge on any atom is 0.0991 e. The van der Waals surface area contributed by atoms with E-state index in [0.717, 1.165) is 22.3 Å². The molecular formula is C17H13N3. The molecule has 3 heteroatoms. The number of benzene rings is 2. The van der Waals surface area contributed by atoms with Crippen molar-refractivity contribution in [3.05, 3.63) is 66.4 Å². The highest BCUT2D eigenvalue weighted by Crippen LogP contribution is 2.30. The van der Waals surface area contributed by atoms with E-state index < -0.39 is 0 Å². The molecule has 0 bridgehead atoms. The first kappa shape index (κ1) is 12.2. The van der Waals surface area contributed by atoms with E-state index in [2.05, 4.69) is 28.1 Å². The molecule has 0 saturated heterocycles. The second-order valence-electron chi connectivity index (χ2n) is 4.56. The third kappa shape index (κ3) is 2.08. The van der Waals surface area contributed by atoms with E-state index in [1.54, 1.807) is 6.20 Å². The number of hydrogen-bond acceptors (Lipinski definition) is 3. The van der Waals surface area contributed by atoms with Crippen LogP contribution in [-0.4, -0.2) is 12.0 Å². The van der Waals surface area contributed by atoms with E-state index in [4.69, 9.17) is 5.26 Å². The molecule has 0 fully saturated rings. The predicted molar refractivity (Wildman–Crippen MR) is 81.0 cm³/mol. The Morgan fingerprint density at radius 1 is 1.00 bits per heavy atom. The molecule has 0 amide bonds. The lowest BCUT2D eigenvalue weighted by Crippen LogP contribution is -2.09. The molecule has 0 spiro atoms. The van der Waals surface area contributed by atoms with E-state index in [1.165, 1.54) is 0 Å². The van der Waals surface area contributed by atoms with Gasteiger partial charge in [0.1, 0.15) is 0 Å². The van der Waals surface area contributed by atoms with Gasteiger partial charge in [0.15, 0.2) is 0 Å². The molecule has 1 aromatic heterocycles. The molecule has 0 aliphatic heterocycles. The van der Waals surface area contributed by atoms with Crippen LogP contribution in [0.3, 0.4) is 0 Å². The monoisotopic (exact) mass is 259 g/mol. The van der Waals surface area contributed by atoms with Gasteiger partial charge in [0.25, 0.3) is 0 Å². The second kappa shape index (κ2) is 5.02. The minimum atomic E-state index is 0.668. The summed E-state index contributed by atoms with van der Waals surface area (Å²) in [6.07, 6.45) is 1.80. The molecule has 3 nitrogen and oxygen atoms in total. The highest BCUT2D eigenvalue weighted by atomic mass is 15.1. The standard InChI is InChI=1S/C17H13N3/c1-20(14-9-7-13(12-18)8-10-14)17-6-2-5-16-15(17)4-3-11-19-16/h2-11H,1H3. The molecule has 0 unspecified atom stereocenters. The van der Waals surface area contributed by atoms with Crippen molar-refractivity contribution >= 4 is 22.3 Å². The van der Waals surface area contributed by atoms with Gasteiger partial charge in [0, 0.05) is 24.3 Å². The molecule has 0 atom stereocenters. The average molecular weight is 259 g/mol. The second-order valence-corrected chi connectivity index (χ2v) is 4.56. The topological polar surface area (TPSA) is 39.9 Å². The third-order valence-electron chi connectivity index (χ3n) is 3.37. The van der Waals surface area contributed by atoms with Crippen LogP contribution in [-0.2, 0) is 0 Å². The average Bonchev–Trinajstić information content (AvgIpc) is 2.54. The maximum atomic E-state index is 8.85. The molecule has 20 heavy (non-hydrogen) atoms. The normalized spacial score (nSPS) is 10.2. The van der Waals surface area contributed by atoms with Crippen LogP contribution in [0.2, 0.25) is 0 Å². The number of nitrogens with zero attached hydrogens (tertiary/aromatic N) is 3. The maximum absolute atomic E-state index is 8.85. The summed E-state index contributed by atoms with van der Waals surface area (Å²) in [5.41, 5.74) is 3.79. The fourth-order valence-corrected chi connectivity index (χ4v) is 2.28. The molecule has 0 aliphatic rings. The molecule has 0 radical (unpaired) electrons. The van der Waals surface area contributed by atoms with Crippen molar-refractivity contribution in [3.63, 3.8) is 0 Å². The fraction of sp³-hybridized carbons (Fsp3) is 0.0588. The van der Waals surface area contributed by atoms with Gasteiger partial charge in [-0.1, -0.05) is 6.07 Å². The minimum absolute atomic E-state index is 0.668. The van der Waals surface area contributed by atoms with Crippen molar-refractivity contribution in [3.8, 4) is 6.07 Å². The Balaban J connectivity index is 2.08. The van der Waals surface area contributed by atoms with Gasteiger partial charge >= 0.3 is 0 Å². The Kier molecular flexibility index (Phi) is 3.06. The summed E-state index contributed by atoms with van der Waals surface area (Å²) in [7, 11) is 2.02. The number of pyridine rings is 1. The first-order valence-corrected chi connectivity index (χ1v) is 6.37. The van der Waals surface area contributed by atoms with Crippen LogP contribution < -0.4 is 4.90 Å². The zero-order valence-corrected chi connectivity index (χ0v) is 11.1. The molecule has 0 aliphatic carbocycles. The lowest BCUT2D eigenvalue weighted by Gasteiger charge is -2.21. The number of rotatable bonds is 2. The molecule has 3 aromatic rings. The number of nitriles is 1. The Morgan fingerprint density at radius 3 is 2.55 bits per heavy atom. The van der Waals surface area contributed by atoms with Crippen molar-refractivity contribution in [1.29, 1.82) is 5.26 Å². The van der Waals surface area contributed by atoms with Crippen LogP contribution in [0, 0.1) is 11.3 Å². The van der Waals surface area contributed by atoms with Crippen LogP contribution in [0.4, 0.5) is 11.4 Å². The summed E-state index contributed by atoms with van der Waals surface area (Å²) in [5.74, 6) is 0. The quantitative estimate of drug-likeness (QED) is 0.701. The number of aromatic nitrogens is 1. The van der Waals surface area contributed by atoms with Crippen molar-refractivity contribution in [2.75, 3.05) is 11.9 Å². The van der Waals surface area contributed by atoms with Gasteiger partial charge in [0.2, 0.25) is 0 Å². The molecule has 3 rings (SSSR count). The lowest BCUT2D eigenvalue weighted by atomic mass is 10.1. The van der Waals surface area contributed by atoms with Gasteiger partial charge < -0.3 is 4.90 Å². The molecule has 0 saturated carbocycles. The van der Waals surface area contributed by atoms with Crippen molar-refractivity contribution < 1.29 is 0 Å². The van der Waals surface area contributed by atoms with Crippen LogP contribution in [0.1, 0.15) is 5.56 Å². The fourth-order valence-electron chi connectivity index (χ4n) is 2.28. The summed E-state index contributed by atoms with van der Waals surface area (Å²) in [6, 6.07) is 19.8. The zero-order valence-electron chi connectivity index (χ0n) is 11.1. The van der Waals surface area contributed by atoms with E-state index in [-0.39, 0.29) is 0 Å². The van der Waals surface area contributed by atoms with Crippen molar-refractivity contribution in [1.82, 2.24) is 4.98 Å². The highest BCUT2D eigenvalue weighted by Gasteiger charge is 2.08. The number of anilines is 2. The number of hydrogen-bond donors (Lipinski definition) is 0. The summed E-state index contributed by atoms with van der Waals surface area (Å²) in [5, 5.41) is 9.97. The van der Waals surface area contributed by atoms with Gasteiger partial charge in [0.05, 0.1) is 22.8 Å². The van der Waals surface area contributed by atoms with Crippen LogP contribution >= 0.6 is 0 Å². The Labute approximate surface area is 117 Å². The summed E-state index contributed by atoms with van der Waals surface area (Å²) in [6.45, 7) is 0. The van der Waals surface area contributed by atoms with E-state index in [0.29, 0.717) is 5.56 Å². The van der Waals surface area contributed by atoms with Gasteiger partial charge in [-0.25, -0.2) is 0 Å². The van der Waals surface area contributed by atoms with Crippen LogP contribution in [0.25, 0.3) is 10.9 Å². The van der Waals surface area contributed by atoms with Gasteiger partial charge in [-0.15, -0.1) is 0 Å². The first-order chi connectivity index (χ1) is 9.79. The lowest BCUT2D eigenvalue weighted by molar-refractivity contribution is 1.22. The van der Waals surface area contributed by atoms with Crippen LogP contribution in [0.5, 0.6) is 0 Å². The SMILES string of the molecule is CN(c1ccc(C#N)cc1)c1cccc2ncccc12. The smallest absolute Gasteiger partial charge is 0.0991 e. The zero-order chi connectivity index (χ0) is 13.9. The molecule has 96 valence electrons. The van der Waals surface area contributed by atoms with Gasteiger partial charge in [-0.3, -0.25) is 4.98 Å². The Hall–Kier alpha value is -2.86.